The molecule has 0 saturated heterocycles. The van der Waals surface area contributed by atoms with Gasteiger partial charge >= 0.3 is 0 Å². The minimum atomic E-state index is 0.423. The Bertz CT molecular complexity index is 627. The van der Waals surface area contributed by atoms with Gasteiger partial charge in [-0.15, -0.1) is 0 Å². The lowest BCUT2D eigenvalue weighted by Crippen LogP contribution is -2.00. The normalized spacial score (nSPS) is 14.5. The molecule has 0 spiro atoms. The van der Waals surface area contributed by atoms with Gasteiger partial charge in [0.2, 0.25) is 5.88 Å². The van der Waals surface area contributed by atoms with Crippen molar-refractivity contribution >= 4 is 23.2 Å². The maximum absolute atomic E-state index is 6.13. The zero-order valence-electron chi connectivity index (χ0n) is 10.4. The second-order valence-corrected chi connectivity index (χ2v) is 5.37. The first-order chi connectivity index (χ1) is 9.15. The van der Waals surface area contributed by atoms with Crippen LogP contribution in [0.15, 0.2) is 24.3 Å². The summed E-state index contributed by atoms with van der Waals surface area (Å²) in [7, 11) is 0. The third kappa shape index (κ3) is 2.67. The third-order valence-electron chi connectivity index (χ3n) is 3.04. The van der Waals surface area contributed by atoms with Gasteiger partial charge in [0.15, 0.2) is 0 Å². The van der Waals surface area contributed by atoms with Gasteiger partial charge < -0.3 is 4.74 Å². The summed E-state index contributed by atoms with van der Waals surface area (Å²) in [4.78, 5) is 8.76. The molecule has 1 aliphatic rings. The SMILES string of the molecule is Cc1c(Cl)nc(C2CC2)nc1Oc1ccccc1Cl. The fourth-order valence-electron chi connectivity index (χ4n) is 1.74. The minimum Gasteiger partial charge on any atom is -0.437 e. The van der Waals surface area contributed by atoms with E-state index in [4.69, 9.17) is 27.9 Å². The van der Waals surface area contributed by atoms with Crippen molar-refractivity contribution in [1.29, 1.82) is 0 Å². The van der Waals surface area contributed by atoms with Crippen LogP contribution < -0.4 is 4.74 Å². The van der Waals surface area contributed by atoms with E-state index in [-0.39, 0.29) is 0 Å². The molecule has 3 rings (SSSR count). The molecular weight excluding hydrogens is 283 g/mol. The molecule has 0 bridgehead atoms. The van der Waals surface area contributed by atoms with E-state index >= 15 is 0 Å². The molecule has 98 valence electrons. The van der Waals surface area contributed by atoms with Crippen LogP contribution in [0.25, 0.3) is 0 Å². The Morgan fingerprint density at radius 3 is 2.58 bits per heavy atom. The highest BCUT2D eigenvalue weighted by Gasteiger charge is 2.28. The zero-order chi connectivity index (χ0) is 13.4. The van der Waals surface area contributed by atoms with Crippen molar-refractivity contribution in [3.8, 4) is 11.6 Å². The molecule has 19 heavy (non-hydrogen) atoms. The van der Waals surface area contributed by atoms with Crippen LogP contribution in [0.1, 0.15) is 30.1 Å². The van der Waals surface area contributed by atoms with Crippen LogP contribution in [0.5, 0.6) is 11.6 Å². The lowest BCUT2D eigenvalue weighted by atomic mass is 10.3. The predicted octanol–water partition coefficient (Wildman–Crippen LogP) is 4.76. The fraction of sp³-hybridized carbons (Fsp3) is 0.286. The molecule has 5 heteroatoms. The van der Waals surface area contributed by atoms with E-state index in [1.807, 2.05) is 19.1 Å². The van der Waals surface area contributed by atoms with Crippen molar-refractivity contribution in [3.05, 3.63) is 45.8 Å². The smallest absolute Gasteiger partial charge is 0.227 e. The summed E-state index contributed by atoms with van der Waals surface area (Å²) in [6.45, 7) is 1.84. The number of ether oxygens (including phenoxy) is 1. The summed E-state index contributed by atoms with van der Waals surface area (Å²) in [6.07, 6.45) is 2.23. The highest BCUT2D eigenvalue weighted by Crippen LogP contribution is 2.40. The standard InChI is InChI=1S/C14H12Cl2N2O/c1-8-12(16)17-13(9-6-7-9)18-14(8)19-11-5-3-2-4-10(11)15/h2-5,9H,6-7H2,1H3. The number of hydrogen-bond donors (Lipinski definition) is 0. The van der Waals surface area contributed by atoms with Crippen LogP contribution in [0, 0.1) is 6.92 Å². The van der Waals surface area contributed by atoms with Crippen LogP contribution in [0.3, 0.4) is 0 Å². The van der Waals surface area contributed by atoms with Gasteiger partial charge in [0.1, 0.15) is 16.7 Å². The molecule has 2 aromatic rings. The second-order valence-electron chi connectivity index (χ2n) is 4.61. The molecule has 1 fully saturated rings. The Hall–Kier alpha value is -1.32. The number of halogens is 2. The summed E-state index contributed by atoms with van der Waals surface area (Å²) >= 11 is 12.2. The quantitative estimate of drug-likeness (QED) is 0.766. The van der Waals surface area contributed by atoms with Gasteiger partial charge in [0.25, 0.3) is 0 Å². The number of aromatic nitrogens is 2. The Labute approximate surface area is 121 Å². The van der Waals surface area contributed by atoms with Gasteiger partial charge in [-0.1, -0.05) is 35.3 Å². The van der Waals surface area contributed by atoms with Gasteiger partial charge in [-0.3, -0.25) is 0 Å². The summed E-state index contributed by atoms with van der Waals surface area (Å²) < 4.78 is 5.77. The van der Waals surface area contributed by atoms with Crippen LogP contribution >= 0.6 is 23.2 Å². The maximum atomic E-state index is 6.13. The lowest BCUT2D eigenvalue weighted by Gasteiger charge is -2.11. The third-order valence-corrected chi connectivity index (χ3v) is 3.73. The molecule has 3 nitrogen and oxygen atoms in total. The van der Waals surface area contributed by atoms with Crippen molar-refractivity contribution in [2.45, 2.75) is 25.7 Å². The maximum Gasteiger partial charge on any atom is 0.227 e. The number of rotatable bonds is 3. The Morgan fingerprint density at radius 1 is 1.16 bits per heavy atom. The fourth-order valence-corrected chi connectivity index (χ4v) is 2.08. The van der Waals surface area contributed by atoms with Crippen molar-refractivity contribution in [1.82, 2.24) is 9.97 Å². The first-order valence-corrected chi connectivity index (χ1v) is 6.87. The van der Waals surface area contributed by atoms with E-state index in [2.05, 4.69) is 9.97 Å². The Balaban J connectivity index is 1.98. The summed E-state index contributed by atoms with van der Waals surface area (Å²) in [5.74, 6) is 2.24. The topological polar surface area (TPSA) is 35.0 Å². The second kappa shape index (κ2) is 4.99. The van der Waals surface area contributed by atoms with E-state index in [0.29, 0.717) is 27.7 Å². The summed E-state index contributed by atoms with van der Waals surface area (Å²) in [5.41, 5.74) is 0.728. The molecule has 1 aromatic heterocycles. The van der Waals surface area contributed by atoms with E-state index in [1.54, 1.807) is 12.1 Å². The molecule has 1 heterocycles. The van der Waals surface area contributed by atoms with E-state index in [0.717, 1.165) is 24.2 Å². The van der Waals surface area contributed by atoms with Crippen LogP contribution in [-0.2, 0) is 0 Å². The van der Waals surface area contributed by atoms with E-state index in [1.165, 1.54) is 0 Å². The van der Waals surface area contributed by atoms with Gasteiger partial charge in [0, 0.05) is 11.5 Å². The van der Waals surface area contributed by atoms with Crippen molar-refractivity contribution in [2.24, 2.45) is 0 Å². The monoisotopic (exact) mass is 294 g/mol. The Kier molecular flexibility index (Phi) is 3.33. The van der Waals surface area contributed by atoms with Crippen LogP contribution in [-0.4, -0.2) is 9.97 Å². The van der Waals surface area contributed by atoms with Crippen molar-refractivity contribution < 1.29 is 4.74 Å². The molecule has 0 radical (unpaired) electrons. The largest absolute Gasteiger partial charge is 0.437 e. The van der Waals surface area contributed by atoms with Gasteiger partial charge in [-0.2, -0.15) is 4.98 Å². The molecule has 0 N–H and O–H groups in total. The van der Waals surface area contributed by atoms with E-state index in [9.17, 15) is 0 Å². The van der Waals surface area contributed by atoms with Crippen molar-refractivity contribution in [3.63, 3.8) is 0 Å². The molecule has 0 unspecified atom stereocenters. The average molecular weight is 295 g/mol. The van der Waals surface area contributed by atoms with Gasteiger partial charge in [-0.25, -0.2) is 4.98 Å². The number of hydrogen-bond acceptors (Lipinski definition) is 3. The van der Waals surface area contributed by atoms with Crippen LogP contribution in [0.2, 0.25) is 10.2 Å². The number of para-hydroxylation sites is 1. The average Bonchev–Trinajstić information content (AvgIpc) is 3.21. The number of nitrogens with zero attached hydrogens (tertiary/aromatic N) is 2. The molecular formula is C14H12Cl2N2O. The highest BCUT2D eigenvalue weighted by molar-refractivity contribution is 6.32. The highest BCUT2D eigenvalue weighted by atomic mass is 35.5. The summed E-state index contributed by atoms with van der Waals surface area (Å²) in [5, 5.41) is 0.989. The molecule has 1 aliphatic carbocycles. The molecule has 0 amide bonds. The first kappa shape index (κ1) is 12.7. The first-order valence-electron chi connectivity index (χ1n) is 6.11. The lowest BCUT2D eigenvalue weighted by molar-refractivity contribution is 0.454. The molecule has 1 saturated carbocycles. The van der Waals surface area contributed by atoms with E-state index < -0.39 is 0 Å². The molecule has 0 atom stereocenters. The predicted molar refractivity (Wildman–Crippen MR) is 75.3 cm³/mol. The Morgan fingerprint density at radius 2 is 1.89 bits per heavy atom. The molecule has 1 aromatic carbocycles. The minimum absolute atomic E-state index is 0.423. The van der Waals surface area contributed by atoms with Crippen molar-refractivity contribution in [2.75, 3.05) is 0 Å². The summed E-state index contributed by atoms with van der Waals surface area (Å²) in [6, 6.07) is 7.29. The van der Waals surface area contributed by atoms with Gasteiger partial charge in [0.05, 0.1) is 5.02 Å². The van der Waals surface area contributed by atoms with Crippen LogP contribution in [0.4, 0.5) is 0 Å². The van der Waals surface area contributed by atoms with Gasteiger partial charge in [-0.05, 0) is 31.9 Å². The molecule has 0 aliphatic heterocycles. The zero-order valence-corrected chi connectivity index (χ0v) is 11.9. The number of benzene rings is 1.